The standard InChI is InChI=1S/C16H13ClFNO3S/c1-10-6-7-23-14(10)4-5-16(21)22-9-15(20)19-11-2-3-13(18)12(17)8-11/h2-8H,9H2,1H3,(H,19,20)/b5-4+. The predicted molar refractivity (Wildman–Crippen MR) is 89.1 cm³/mol. The molecule has 0 bridgehead atoms. The van der Waals surface area contributed by atoms with Crippen molar-refractivity contribution in [3.05, 3.63) is 57.0 Å². The van der Waals surface area contributed by atoms with E-state index in [4.69, 9.17) is 16.3 Å². The smallest absolute Gasteiger partial charge is 0.331 e. The number of halogens is 2. The van der Waals surface area contributed by atoms with Gasteiger partial charge in [-0.25, -0.2) is 9.18 Å². The van der Waals surface area contributed by atoms with Gasteiger partial charge in [0.25, 0.3) is 5.91 Å². The molecule has 120 valence electrons. The van der Waals surface area contributed by atoms with E-state index in [2.05, 4.69) is 5.32 Å². The third-order valence-electron chi connectivity index (χ3n) is 2.82. The Bertz CT molecular complexity index is 758. The van der Waals surface area contributed by atoms with Crippen molar-refractivity contribution in [2.75, 3.05) is 11.9 Å². The van der Waals surface area contributed by atoms with Crippen LogP contribution in [-0.2, 0) is 14.3 Å². The van der Waals surface area contributed by atoms with Gasteiger partial charge in [-0.1, -0.05) is 11.6 Å². The van der Waals surface area contributed by atoms with Gasteiger partial charge in [-0.05, 0) is 48.2 Å². The number of carbonyl (C=O) groups is 2. The largest absolute Gasteiger partial charge is 0.452 e. The van der Waals surface area contributed by atoms with Crippen LogP contribution < -0.4 is 5.32 Å². The van der Waals surface area contributed by atoms with Gasteiger partial charge in [0, 0.05) is 16.6 Å². The second-order valence-electron chi connectivity index (χ2n) is 4.59. The highest BCUT2D eigenvalue weighted by molar-refractivity contribution is 7.11. The van der Waals surface area contributed by atoms with E-state index in [9.17, 15) is 14.0 Å². The number of thiophene rings is 1. The van der Waals surface area contributed by atoms with Crippen LogP contribution in [0.25, 0.3) is 6.08 Å². The molecule has 0 aliphatic heterocycles. The number of anilines is 1. The number of carbonyl (C=O) groups excluding carboxylic acids is 2. The van der Waals surface area contributed by atoms with Crippen LogP contribution in [0, 0.1) is 12.7 Å². The molecule has 0 radical (unpaired) electrons. The molecule has 0 fully saturated rings. The van der Waals surface area contributed by atoms with Gasteiger partial charge in [0.15, 0.2) is 6.61 Å². The molecule has 1 heterocycles. The van der Waals surface area contributed by atoms with Gasteiger partial charge in [0.05, 0.1) is 5.02 Å². The molecule has 0 saturated carbocycles. The Labute approximate surface area is 141 Å². The highest BCUT2D eigenvalue weighted by Gasteiger charge is 2.07. The zero-order chi connectivity index (χ0) is 16.8. The molecule has 0 spiro atoms. The lowest BCUT2D eigenvalue weighted by Gasteiger charge is -2.06. The van der Waals surface area contributed by atoms with E-state index in [1.807, 2.05) is 18.4 Å². The lowest BCUT2D eigenvalue weighted by atomic mass is 10.3. The molecule has 4 nitrogen and oxygen atoms in total. The van der Waals surface area contributed by atoms with Gasteiger partial charge in [-0.15, -0.1) is 11.3 Å². The van der Waals surface area contributed by atoms with Crippen molar-refractivity contribution in [2.45, 2.75) is 6.92 Å². The monoisotopic (exact) mass is 353 g/mol. The molecule has 0 saturated heterocycles. The molecule has 1 aromatic carbocycles. The van der Waals surface area contributed by atoms with Crippen LogP contribution in [0.5, 0.6) is 0 Å². The van der Waals surface area contributed by atoms with Crippen LogP contribution >= 0.6 is 22.9 Å². The lowest BCUT2D eigenvalue weighted by molar-refractivity contribution is -0.142. The second-order valence-corrected chi connectivity index (χ2v) is 5.94. The molecule has 1 aromatic heterocycles. The Morgan fingerprint density at radius 2 is 2.17 bits per heavy atom. The average molecular weight is 354 g/mol. The molecular formula is C16H13ClFNO3S. The third kappa shape index (κ3) is 5.19. The van der Waals surface area contributed by atoms with Crippen LogP contribution in [0.3, 0.4) is 0 Å². The molecular weight excluding hydrogens is 341 g/mol. The average Bonchev–Trinajstić information content (AvgIpc) is 2.92. The summed E-state index contributed by atoms with van der Waals surface area (Å²) >= 11 is 7.11. The third-order valence-corrected chi connectivity index (χ3v) is 4.10. The van der Waals surface area contributed by atoms with Crippen molar-refractivity contribution in [1.82, 2.24) is 0 Å². The second kappa shape index (κ2) is 7.89. The molecule has 0 aliphatic carbocycles. The van der Waals surface area contributed by atoms with E-state index in [1.165, 1.54) is 29.5 Å². The summed E-state index contributed by atoms with van der Waals surface area (Å²) in [4.78, 5) is 24.2. The molecule has 0 aliphatic rings. The number of hydrogen-bond donors (Lipinski definition) is 1. The first-order valence-electron chi connectivity index (χ1n) is 6.59. The molecule has 23 heavy (non-hydrogen) atoms. The van der Waals surface area contributed by atoms with Crippen molar-refractivity contribution in [1.29, 1.82) is 0 Å². The highest BCUT2D eigenvalue weighted by atomic mass is 35.5. The maximum Gasteiger partial charge on any atom is 0.331 e. The van der Waals surface area contributed by atoms with Gasteiger partial charge in [-0.3, -0.25) is 4.79 Å². The Morgan fingerprint density at radius 3 is 2.83 bits per heavy atom. The van der Waals surface area contributed by atoms with Crippen LogP contribution in [0.15, 0.2) is 35.7 Å². The van der Waals surface area contributed by atoms with Gasteiger partial charge in [0.1, 0.15) is 5.82 Å². The highest BCUT2D eigenvalue weighted by Crippen LogP contribution is 2.19. The molecule has 0 atom stereocenters. The summed E-state index contributed by atoms with van der Waals surface area (Å²) in [5, 5.41) is 4.27. The fourth-order valence-corrected chi connectivity index (χ4v) is 2.65. The fourth-order valence-electron chi connectivity index (χ4n) is 1.65. The van der Waals surface area contributed by atoms with E-state index >= 15 is 0 Å². The normalized spacial score (nSPS) is 10.7. The van der Waals surface area contributed by atoms with E-state index in [1.54, 1.807) is 6.08 Å². The number of rotatable bonds is 5. The van der Waals surface area contributed by atoms with Crippen LogP contribution in [0.4, 0.5) is 10.1 Å². The summed E-state index contributed by atoms with van der Waals surface area (Å²) in [5.41, 5.74) is 1.38. The first-order valence-corrected chi connectivity index (χ1v) is 7.85. The summed E-state index contributed by atoms with van der Waals surface area (Å²) in [7, 11) is 0. The molecule has 0 unspecified atom stereocenters. The number of benzene rings is 1. The lowest BCUT2D eigenvalue weighted by Crippen LogP contribution is -2.20. The topological polar surface area (TPSA) is 55.4 Å². The summed E-state index contributed by atoms with van der Waals surface area (Å²) in [6.45, 7) is 1.49. The number of hydrogen-bond acceptors (Lipinski definition) is 4. The van der Waals surface area contributed by atoms with Gasteiger partial charge in [-0.2, -0.15) is 0 Å². The Morgan fingerprint density at radius 1 is 1.39 bits per heavy atom. The van der Waals surface area contributed by atoms with Crippen molar-refractivity contribution in [3.63, 3.8) is 0 Å². The van der Waals surface area contributed by atoms with Crippen LogP contribution in [0.2, 0.25) is 5.02 Å². The Balaban J connectivity index is 1.82. The van der Waals surface area contributed by atoms with E-state index in [-0.39, 0.29) is 5.02 Å². The van der Waals surface area contributed by atoms with E-state index in [0.29, 0.717) is 5.69 Å². The summed E-state index contributed by atoms with van der Waals surface area (Å²) in [6.07, 6.45) is 2.90. The summed E-state index contributed by atoms with van der Waals surface area (Å²) in [5.74, 6) is -1.74. The minimum absolute atomic E-state index is 0.103. The van der Waals surface area contributed by atoms with Gasteiger partial charge in [0.2, 0.25) is 0 Å². The van der Waals surface area contributed by atoms with Crippen molar-refractivity contribution < 1.29 is 18.7 Å². The van der Waals surface area contributed by atoms with E-state index in [0.717, 1.165) is 16.5 Å². The number of ether oxygens (including phenoxy) is 1. The minimum atomic E-state index is -0.620. The molecule has 1 N–H and O–H groups in total. The molecule has 2 rings (SSSR count). The first kappa shape index (κ1) is 17.2. The number of amides is 1. The maximum atomic E-state index is 13.0. The Hall–Kier alpha value is -2.18. The number of aryl methyl sites for hydroxylation is 1. The summed E-state index contributed by atoms with van der Waals surface area (Å²) in [6, 6.07) is 5.71. The molecule has 1 amide bonds. The number of esters is 1. The van der Waals surface area contributed by atoms with Crippen LogP contribution in [-0.4, -0.2) is 18.5 Å². The quantitative estimate of drug-likeness (QED) is 0.652. The minimum Gasteiger partial charge on any atom is -0.452 e. The molecule has 2 aromatic rings. The zero-order valence-corrected chi connectivity index (χ0v) is 13.7. The number of nitrogens with one attached hydrogen (secondary N) is 1. The fraction of sp³-hybridized carbons (Fsp3) is 0.125. The van der Waals surface area contributed by atoms with Crippen molar-refractivity contribution in [3.8, 4) is 0 Å². The molecule has 7 heteroatoms. The van der Waals surface area contributed by atoms with Gasteiger partial charge < -0.3 is 10.1 Å². The van der Waals surface area contributed by atoms with Crippen molar-refractivity contribution >= 4 is 46.6 Å². The summed E-state index contributed by atoms with van der Waals surface area (Å²) < 4.78 is 17.8. The Kier molecular flexibility index (Phi) is 5.90. The zero-order valence-electron chi connectivity index (χ0n) is 12.1. The van der Waals surface area contributed by atoms with Crippen molar-refractivity contribution in [2.24, 2.45) is 0 Å². The van der Waals surface area contributed by atoms with Crippen LogP contribution in [0.1, 0.15) is 10.4 Å². The maximum absolute atomic E-state index is 13.0. The van der Waals surface area contributed by atoms with Gasteiger partial charge >= 0.3 is 5.97 Å². The SMILES string of the molecule is Cc1ccsc1/C=C/C(=O)OCC(=O)Nc1ccc(F)c(Cl)c1. The first-order chi connectivity index (χ1) is 11.0. The van der Waals surface area contributed by atoms with E-state index < -0.39 is 24.3 Å². The predicted octanol–water partition coefficient (Wildman–Crippen LogP) is 4.04.